The van der Waals surface area contributed by atoms with Crippen LogP contribution >= 0.6 is 0 Å². The molecule has 5 nitrogen and oxygen atoms in total. The van der Waals surface area contributed by atoms with Gasteiger partial charge in [-0.05, 0) is 31.0 Å². The average molecular weight is 345 g/mol. The van der Waals surface area contributed by atoms with Crippen molar-refractivity contribution in [2.24, 2.45) is 0 Å². The van der Waals surface area contributed by atoms with Crippen LogP contribution in [0.3, 0.4) is 0 Å². The van der Waals surface area contributed by atoms with Crippen LogP contribution in [0.4, 0.5) is 11.6 Å². The first kappa shape index (κ1) is 16.5. The second-order valence-corrected chi connectivity index (χ2v) is 6.86. The van der Waals surface area contributed by atoms with E-state index < -0.39 is 0 Å². The Hall–Kier alpha value is -2.95. The van der Waals surface area contributed by atoms with E-state index in [1.807, 2.05) is 6.20 Å². The quantitative estimate of drug-likeness (QED) is 0.782. The van der Waals surface area contributed by atoms with Gasteiger partial charge in [-0.1, -0.05) is 35.9 Å². The number of fused-ring (bicyclic) bond motifs is 1. The Morgan fingerprint density at radius 2 is 1.96 bits per heavy atom. The highest BCUT2D eigenvalue weighted by Gasteiger charge is 2.21. The molecular weight excluding hydrogens is 322 g/mol. The van der Waals surface area contributed by atoms with Crippen LogP contribution in [0.2, 0.25) is 0 Å². The van der Waals surface area contributed by atoms with Crippen LogP contribution in [-0.4, -0.2) is 21.5 Å². The molecule has 1 aromatic carbocycles. The van der Waals surface area contributed by atoms with Crippen LogP contribution in [0.15, 0.2) is 48.9 Å². The molecule has 0 bridgehead atoms. The van der Waals surface area contributed by atoms with E-state index in [0.29, 0.717) is 0 Å². The van der Waals surface area contributed by atoms with E-state index in [-0.39, 0.29) is 0 Å². The van der Waals surface area contributed by atoms with E-state index >= 15 is 0 Å². The van der Waals surface area contributed by atoms with Gasteiger partial charge >= 0.3 is 0 Å². The zero-order valence-electron chi connectivity index (χ0n) is 15.2. The number of aromatic nitrogens is 3. The molecule has 0 radical (unpaired) electrons. The molecule has 4 rings (SSSR count). The van der Waals surface area contributed by atoms with Crippen LogP contribution in [0, 0.1) is 13.8 Å². The van der Waals surface area contributed by atoms with Gasteiger partial charge in [0.2, 0.25) is 0 Å². The monoisotopic (exact) mass is 345 g/mol. The highest BCUT2D eigenvalue weighted by atomic mass is 15.2. The molecule has 0 atom stereocenters. The van der Waals surface area contributed by atoms with E-state index in [1.54, 1.807) is 6.33 Å². The zero-order chi connectivity index (χ0) is 17.9. The van der Waals surface area contributed by atoms with Crippen molar-refractivity contribution in [3.63, 3.8) is 0 Å². The Morgan fingerprint density at radius 1 is 1.04 bits per heavy atom. The van der Waals surface area contributed by atoms with E-state index in [2.05, 4.69) is 75.4 Å². The van der Waals surface area contributed by atoms with Gasteiger partial charge in [-0.15, -0.1) is 0 Å². The minimum atomic E-state index is 0.758. The van der Waals surface area contributed by atoms with Crippen molar-refractivity contribution in [3.8, 4) is 0 Å². The fourth-order valence-electron chi connectivity index (χ4n) is 3.34. The molecule has 0 fully saturated rings. The lowest BCUT2D eigenvalue weighted by Gasteiger charge is -2.30. The first-order chi connectivity index (χ1) is 12.7. The summed E-state index contributed by atoms with van der Waals surface area (Å²) < 4.78 is 0. The van der Waals surface area contributed by atoms with Gasteiger partial charge in [0, 0.05) is 37.8 Å². The fourth-order valence-corrected chi connectivity index (χ4v) is 3.34. The van der Waals surface area contributed by atoms with Crippen molar-refractivity contribution >= 4 is 11.6 Å². The summed E-state index contributed by atoms with van der Waals surface area (Å²) >= 11 is 0. The smallest absolute Gasteiger partial charge is 0.134 e. The molecule has 5 heteroatoms. The highest BCUT2D eigenvalue weighted by molar-refractivity contribution is 5.52. The average Bonchev–Trinajstić information content (AvgIpc) is 2.66. The normalized spacial score (nSPS) is 13.4. The predicted molar refractivity (Wildman–Crippen MR) is 104 cm³/mol. The van der Waals surface area contributed by atoms with Crippen LogP contribution in [0.5, 0.6) is 0 Å². The minimum absolute atomic E-state index is 0.758. The lowest BCUT2D eigenvalue weighted by Crippen LogP contribution is -2.32. The number of hydrogen-bond donors (Lipinski definition) is 1. The van der Waals surface area contributed by atoms with Gasteiger partial charge in [0.05, 0.1) is 5.69 Å². The van der Waals surface area contributed by atoms with Gasteiger partial charge in [-0.3, -0.25) is 0 Å². The Morgan fingerprint density at radius 3 is 2.77 bits per heavy atom. The fraction of sp³-hybridized carbons (Fsp3) is 0.286. The van der Waals surface area contributed by atoms with Gasteiger partial charge in [0.1, 0.15) is 18.0 Å². The summed E-state index contributed by atoms with van der Waals surface area (Å²) in [5.74, 6) is 1.93. The number of aryl methyl sites for hydroxylation is 2. The summed E-state index contributed by atoms with van der Waals surface area (Å²) in [4.78, 5) is 15.9. The standard InChI is InChI=1S/C21H23N5/c1-15-4-3-5-17(10-15)12-23-21-18-13-26(9-8-19(18)24-14-25-21)20-7-6-16(2)11-22-20/h3-7,10-11,14H,8-9,12-13H2,1-2H3,(H,23,24,25). The first-order valence-electron chi connectivity index (χ1n) is 8.99. The number of pyridine rings is 1. The highest BCUT2D eigenvalue weighted by Crippen LogP contribution is 2.26. The van der Waals surface area contributed by atoms with E-state index in [0.717, 1.165) is 43.4 Å². The van der Waals surface area contributed by atoms with Gasteiger partial charge in [-0.25, -0.2) is 15.0 Å². The lowest BCUT2D eigenvalue weighted by atomic mass is 10.1. The molecular formula is C21H23N5. The summed E-state index contributed by atoms with van der Waals surface area (Å²) in [6, 6.07) is 12.7. The Kier molecular flexibility index (Phi) is 4.52. The molecule has 1 aliphatic rings. The molecule has 0 aliphatic carbocycles. The molecule has 26 heavy (non-hydrogen) atoms. The topological polar surface area (TPSA) is 53.9 Å². The molecule has 0 saturated carbocycles. The molecule has 1 N–H and O–H groups in total. The largest absolute Gasteiger partial charge is 0.366 e. The second-order valence-electron chi connectivity index (χ2n) is 6.86. The number of benzene rings is 1. The summed E-state index contributed by atoms with van der Waals surface area (Å²) in [6.07, 6.45) is 4.49. The molecule has 1 aliphatic heterocycles. The van der Waals surface area contributed by atoms with Crippen molar-refractivity contribution in [1.29, 1.82) is 0 Å². The van der Waals surface area contributed by atoms with Crippen LogP contribution < -0.4 is 10.2 Å². The molecule has 0 unspecified atom stereocenters. The molecule has 2 aromatic heterocycles. The minimum Gasteiger partial charge on any atom is -0.366 e. The van der Waals surface area contributed by atoms with E-state index in [4.69, 9.17) is 0 Å². The number of hydrogen-bond acceptors (Lipinski definition) is 5. The van der Waals surface area contributed by atoms with Gasteiger partial charge < -0.3 is 10.2 Å². The summed E-state index contributed by atoms with van der Waals surface area (Å²) in [6.45, 7) is 6.64. The third-order valence-electron chi connectivity index (χ3n) is 4.76. The Bertz CT molecular complexity index is 905. The molecule has 0 spiro atoms. The molecule has 3 aromatic rings. The molecule has 0 saturated heterocycles. The maximum Gasteiger partial charge on any atom is 0.134 e. The zero-order valence-corrected chi connectivity index (χ0v) is 15.2. The van der Waals surface area contributed by atoms with Gasteiger partial charge in [-0.2, -0.15) is 0 Å². The Labute approximate surface area is 154 Å². The summed E-state index contributed by atoms with van der Waals surface area (Å²) in [7, 11) is 0. The van der Waals surface area contributed by atoms with Gasteiger partial charge in [0.25, 0.3) is 0 Å². The van der Waals surface area contributed by atoms with Crippen molar-refractivity contribution in [3.05, 3.63) is 76.9 Å². The predicted octanol–water partition coefficient (Wildman–Crippen LogP) is 3.66. The molecule has 132 valence electrons. The first-order valence-corrected chi connectivity index (χ1v) is 8.99. The van der Waals surface area contributed by atoms with Crippen molar-refractivity contribution in [1.82, 2.24) is 15.0 Å². The number of nitrogens with zero attached hydrogens (tertiary/aromatic N) is 4. The third kappa shape index (κ3) is 3.52. The SMILES string of the molecule is Cc1ccc(N2CCc3ncnc(NCc4cccc(C)c4)c3C2)nc1. The molecule has 0 amide bonds. The van der Waals surface area contributed by atoms with E-state index in [1.165, 1.54) is 22.3 Å². The number of nitrogens with one attached hydrogen (secondary N) is 1. The molecule has 3 heterocycles. The maximum atomic E-state index is 4.57. The summed E-state index contributed by atoms with van der Waals surface area (Å²) in [5.41, 5.74) is 6.01. The maximum absolute atomic E-state index is 4.57. The summed E-state index contributed by atoms with van der Waals surface area (Å²) in [5, 5.41) is 3.50. The lowest BCUT2D eigenvalue weighted by molar-refractivity contribution is 0.697. The number of anilines is 2. The van der Waals surface area contributed by atoms with Gasteiger partial charge in [0.15, 0.2) is 0 Å². The van der Waals surface area contributed by atoms with Crippen molar-refractivity contribution in [2.75, 3.05) is 16.8 Å². The third-order valence-corrected chi connectivity index (χ3v) is 4.76. The second kappa shape index (κ2) is 7.12. The van der Waals surface area contributed by atoms with Crippen LogP contribution in [-0.2, 0) is 19.5 Å². The Balaban J connectivity index is 1.54. The number of rotatable bonds is 4. The van der Waals surface area contributed by atoms with E-state index in [9.17, 15) is 0 Å². The van der Waals surface area contributed by atoms with Crippen LogP contribution in [0.25, 0.3) is 0 Å². The van der Waals surface area contributed by atoms with Crippen LogP contribution in [0.1, 0.15) is 27.9 Å². The van der Waals surface area contributed by atoms with Crippen molar-refractivity contribution < 1.29 is 0 Å². The van der Waals surface area contributed by atoms with Crippen molar-refractivity contribution in [2.45, 2.75) is 33.4 Å².